The fraction of sp³-hybridized carbons (Fsp3) is 0.652. The lowest BCUT2D eigenvalue weighted by atomic mass is 9.69. The molecule has 2 aromatic rings. The number of benzene rings is 2. The van der Waals surface area contributed by atoms with Gasteiger partial charge in [-0.1, -0.05) is 38.8 Å². The summed E-state index contributed by atoms with van der Waals surface area (Å²) in [5, 5.41) is 23.7. The number of nitrogens with zero attached hydrogens (tertiary/aromatic N) is 1. The molecule has 348 valence electrons. The first-order valence-electron chi connectivity index (χ1n) is 22.0. The van der Waals surface area contributed by atoms with Crippen molar-refractivity contribution in [2.24, 2.45) is 11.1 Å². The number of amides is 4. The number of fused-ring (bicyclic) bond motifs is 1. The summed E-state index contributed by atoms with van der Waals surface area (Å²) in [6.45, 7) is 15.3. The van der Waals surface area contributed by atoms with E-state index in [0.29, 0.717) is 74.8 Å². The lowest BCUT2D eigenvalue weighted by molar-refractivity contribution is -0.127. The molecule has 0 bridgehead atoms. The topological polar surface area (TPSA) is 218 Å². The number of alkyl carbamates (subject to hydrolysis) is 2. The number of hydrogen-bond donors (Lipinski definition) is 6. The molecule has 2 aromatic carbocycles. The van der Waals surface area contributed by atoms with Crippen LogP contribution in [0.1, 0.15) is 137 Å². The maximum atomic E-state index is 14.2. The van der Waals surface area contributed by atoms with Gasteiger partial charge in [0.15, 0.2) is 9.84 Å². The minimum Gasteiger partial charge on any atom is -0.444 e. The predicted octanol–water partition coefficient (Wildman–Crippen LogP) is 6.76. The highest BCUT2D eigenvalue weighted by atomic mass is 32.2. The minimum absolute atomic E-state index is 0.182. The van der Waals surface area contributed by atoms with Crippen LogP contribution in [-0.2, 0) is 28.9 Å². The Morgan fingerprint density at radius 2 is 1.45 bits per heavy atom. The van der Waals surface area contributed by atoms with Gasteiger partial charge in [-0.05, 0) is 134 Å². The molecule has 62 heavy (non-hydrogen) atoms. The molecule has 4 amide bonds. The van der Waals surface area contributed by atoms with Crippen LogP contribution in [-0.4, -0.2) is 99.9 Å². The van der Waals surface area contributed by atoms with Gasteiger partial charge in [-0.2, -0.15) is 0 Å². The van der Waals surface area contributed by atoms with Gasteiger partial charge in [0.05, 0.1) is 22.8 Å². The van der Waals surface area contributed by atoms with E-state index in [9.17, 15) is 32.7 Å². The van der Waals surface area contributed by atoms with Crippen molar-refractivity contribution in [2.45, 2.75) is 160 Å². The number of hydrogen-bond acceptors (Lipinski definition) is 11. The van der Waals surface area contributed by atoms with Crippen molar-refractivity contribution in [3.63, 3.8) is 0 Å². The Hall–Kier alpha value is -4.41. The van der Waals surface area contributed by atoms with Crippen molar-refractivity contribution in [3.05, 3.63) is 53.6 Å². The number of sulfone groups is 1. The van der Waals surface area contributed by atoms with Gasteiger partial charge in [0, 0.05) is 49.9 Å². The molecule has 5 atom stereocenters. The largest absolute Gasteiger partial charge is 0.444 e. The number of aliphatic hydroxyl groups is 1. The number of carbonyl (C=O) groups is 4. The molecule has 1 heterocycles. The Morgan fingerprint density at radius 1 is 0.855 bits per heavy atom. The Labute approximate surface area is 369 Å². The SMILES string of the molecule is CCCC[C@@]1(CC)CS(=O)(=O)c2ccc(N(C)C)cc2[C@H](c2cccc(NC(=O)[C@@H](CCCCNC(=O)OC(C)(C)C)NC(=O)[C@H](N)CCCCNC(=O)OC(C)(C)C)c2)[C@@H]1O. The average molecular weight is 887 g/mol. The molecule has 15 nitrogen and oxygen atoms in total. The van der Waals surface area contributed by atoms with Crippen LogP contribution in [0.5, 0.6) is 0 Å². The van der Waals surface area contributed by atoms with Gasteiger partial charge >= 0.3 is 12.2 Å². The van der Waals surface area contributed by atoms with Crippen molar-refractivity contribution >= 4 is 45.2 Å². The summed E-state index contributed by atoms with van der Waals surface area (Å²) in [4.78, 5) is 53.8. The lowest BCUT2D eigenvalue weighted by Gasteiger charge is -2.39. The third-order valence-electron chi connectivity index (χ3n) is 11.0. The number of carbonyl (C=O) groups excluding carboxylic acids is 4. The van der Waals surface area contributed by atoms with Gasteiger partial charge in [-0.3, -0.25) is 9.59 Å². The van der Waals surface area contributed by atoms with E-state index in [0.717, 1.165) is 18.5 Å². The van der Waals surface area contributed by atoms with Gasteiger partial charge in [0.2, 0.25) is 11.8 Å². The second kappa shape index (κ2) is 22.8. The van der Waals surface area contributed by atoms with Crippen LogP contribution in [0.4, 0.5) is 21.0 Å². The smallest absolute Gasteiger partial charge is 0.407 e. The summed E-state index contributed by atoms with van der Waals surface area (Å²) in [7, 11) is -0.0527. The minimum atomic E-state index is -3.80. The van der Waals surface area contributed by atoms with Crippen LogP contribution in [0.25, 0.3) is 0 Å². The molecule has 3 rings (SSSR count). The predicted molar refractivity (Wildman–Crippen MR) is 244 cm³/mol. The van der Waals surface area contributed by atoms with E-state index >= 15 is 0 Å². The fourth-order valence-corrected chi connectivity index (χ4v) is 9.95. The first-order valence-corrected chi connectivity index (χ1v) is 23.7. The van der Waals surface area contributed by atoms with E-state index in [1.54, 1.807) is 71.9 Å². The zero-order valence-corrected chi connectivity index (χ0v) is 39.5. The number of anilines is 2. The highest BCUT2D eigenvalue weighted by molar-refractivity contribution is 7.91. The second-order valence-electron chi connectivity index (χ2n) is 18.7. The summed E-state index contributed by atoms with van der Waals surface area (Å²) in [5.74, 6) is -1.92. The molecular weight excluding hydrogens is 813 g/mol. The van der Waals surface area contributed by atoms with Crippen LogP contribution in [0, 0.1) is 5.41 Å². The van der Waals surface area contributed by atoms with Gasteiger partial charge in [0.1, 0.15) is 17.2 Å². The summed E-state index contributed by atoms with van der Waals surface area (Å²) in [6, 6.07) is 10.4. The van der Waals surface area contributed by atoms with Crippen molar-refractivity contribution < 1.29 is 42.2 Å². The van der Waals surface area contributed by atoms with Gasteiger partial charge in [0.25, 0.3) is 0 Å². The quantitative estimate of drug-likeness (QED) is 0.0764. The van der Waals surface area contributed by atoms with Crippen molar-refractivity contribution in [1.29, 1.82) is 0 Å². The zero-order chi connectivity index (χ0) is 46.5. The maximum absolute atomic E-state index is 14.2. The van der Waals surface area contributed by atoms with E-state index in [4.69, 9.17) is 15.2 Å². The molecule has 0 aliphatic carbocycles. The van der Waals surface area contributed by atoms with E-state index in [2.05, 4.69) is 21.3 Å². The van der Waals surface area contributed by atoms with Crippen molar-refractivity contribution in [2.75, 3.05) is 43.2 Å². The zero-order valence-electron chi connectivity index (χ0n) is 38.7. The first-order chi connectivity index (χ1) is 28.9. The van der Waals surface area contributed by atoms with Crippen LogP contribution >= 0.6 is 0 Å². The average Bonchev–Trinajstić information content (AvgIpc) is 3.24. The number of ether oxygens (including phenoxy) is 2. The standard InChI is InChI=1S/C46H74N6O9S/c1-11-13-25-46(12-2)30-62(58,59)37-24-23-33(52(9)10)29-34(37)38(39(46)53)31-19-18-20-32(28-31)50-41(55)36(22-15-17-27-49-43(57)61-45(6,7)8)51-40(54)35(47)21-14-16-26-48-42(56)60-44(3,4)5/h18-20,23-24,28-29,35-36,38-39,53H,11-17,21-22,25-27,30,47H2,1-10H3,(H,48,56)(H,49,57)(H,50,55)(H,51,54)/t35-,36-,38+,39+,46+/m1/s1. The van der Waals surface area contributed by atoms with Gasteiger partial charge in [-0.25, -0.2) is 18.0 Å². The molecule has 0 spiro atoms. The summed E-state index contributed by atoms with van der Waals surface area (Å²) in [6.07, 6.45) is 3.04. The maximum Gasteiger partial charge on any atom is 0.407 e. The second-order valence-corrected chi connectivity index (χ2v) is 20.7. The molecule has 16 heteroatoms. The Kier molecular flexibility index (Phi) is 19.1. The normalized spacial score (nSPS) is 19.5. The summed E-state index contributed by atoms with van der Waals surface area (Å²) < 4.78 is 38.9. The van der Waals surface area contributed by atoms with E-state index in [1.165, 1.54) is 0 Å². The third-order valence-corrected chi connectivity index (χ3v) is 13.0. The van der Waals surface area contributed by atoms with Gasteiger partial charge in [-0.15, -0.1) is 0 Å². The van der Waals surface area contributed by atoms with E-state index in [-0.39, 0.29) is 17.1 Å². The molecule has 7 N–H and O–H groups in total. The molecule has 0 saturated heterocycles. The van der Waals surface area contributed by atoms with Crippen molar-refractivity contribution in [1.82, 2.24) is 16.0 Å². The van der Waals surface area contributed by atoms with Crippen LogP contribution in [0.2, 0.25) is 0 Å². The number of rotatable bonds is 20. The molecular formula is C46H74N6O9S. The van der Waals surface area contributed by atoms with Crippen LogP contribution in [0.15, 0.2) is 47.4 Å². The summed E-state index contributed by atoms with van der Waals surface area (Å²) in [5.41, 5.74) is 6.43. The fourth-order valence-electron chi connectivity index (χ4n) is 7.69. The molecule has 0 fully saturated rings. The lowest BCUT2D eigenvalue weighted by Crippen LogP contribution is -2.50. The van der Waals surface area contributed by atoms with Gasteiger partial charge < -0.3 is 46.5 Å². The Bertz CT molecular complexity index is 1930. The molecule has 1 aliphatic rings. The van der Waals surface area contributed by atoms with Crippen LogP contribution < -0.4 is 31.9 Å². The summed E-state index contributed by atoms with van der Waals surface area (Å²) >= 11 is 0. The first kappa shape index (κ1) is 51.9. The van der Waals surface area contributed by atoms with E-state index < -0.39 is 74.6 Å². The molecule has 0 saturated carbocycles. The van der Waals surface area contributed by atoms with Crippen molar-refractivity contribution in [3.8, 4) is 0 Å². The number of aliphatic hydroxyl groups excluding tert-OH is 1. The highest BCUT2D eigenvalue weighted by Crippen LogP contribution is 2.49. The Balaban J connectivity index is 1.88. The number of nitrogens with one attached hydrogen (secondary N) is 4. The Morgan fingerprint density at radius 3 is 2.00 bits per heavy atom. The molecule has 0 aromatic heterocycles. The van der Waals surface area contributed by atoms with Crippen LogP contribution in [0.3, 0.4) is 0 Å². The molecule has 0 radical (unpaired) electrons. The van der Waals surface area contributed by atoms with E-state index in [1.807, 2.05) is 45.0 Å². The monoisotopic (exact) mass is 887 g/mol. The molecule has 0 unspecified atom stereocenters. The molecule has 1 aliphatic heterocycles. The highest BCUT2D eigenvalue weighted by Gasteiger charge is 2.49. The third kappa shape index (κ3) is 15.7. The number of unbranched alkanes of at least 4 members (excludes halogenated alkanes) is 3. The number of nitrogens with two attached hydrogens (primary N) is 1.